The Morgan fingerprint density at radius 1 is 1.19 bits per heavy atom. The number of hydrogen-bond acceptors (Lipinski definition) is 5. The standard InChI is InChI=1S/C13H19F3N4O/c1-12(2,3)19-5-8-4-9(6-19)20(8)7-10-17-11(18-21-10)13(14,15)16/h8-9H,4-7H2,1-3H3. The lowest BCUT2D eigenvalue weighted by molar-refractivity contribution is -0.146. The van der Waals surface area contributed by atoms with E-state index in [2.05, 4.69) is 40.7 Å². The largest absolute Gasteiger partial charge is 0.455 e. The second kappa shape index (κ2) is 4.67. The van der Waals surface area contributed by atoms with Crippen molar-refractivity contribution in [3.05, 3.63) is 11.7 Å². The lowest BCUT2D eigenvalue weighted by atomic mass is 9.85. The molecule has 0 N–H and O–H groups in total. The molecule has 3 fully saturated rings. The summed E-state index contributed by atoms with van der Waals surface area (Å²) < 4.78 is 42.0. The maximum absolute atomic E-state index is 12.4. The van der Waals surface area contributed by atoms with E-state index < -0.39 is 12.0 Å². The highest BCUT2D eigenvalue weighted by molar-refractivity contribution is 5.04. The van der Waals surface area contributed by atoms with Crippen molar-refractivity contribution in [2.24, 2.45) is 0 Å². The molecule has 0 amide bonds. The van der Waals surface area contributed by atoms with Crippen LogP contribution in [-0.4, -0.2) is 50.7 Å². The van der Waals surface area contributed by atoms with E-state index in [0.29, 0.717) is 18.6 Å². The number of fused-ring (bicyclic) bond motifs is 2. The predicted molar refractivity (Wildman–Crippen MR) is 68.4 cm³/mol. The number of halogens is 3. The number of rotatable bonds is 2. The van der Waals surface area contributed by atoms with Crippen LogP contribution in [0.5, 0.6) is 0 Å². The minimum atomic E-state index is -4.55. The van der Waals surface area contributed by atoms with E-state index in [-0.39, 0.29) is 11.4 Å². The average molecular weight is 304 g/mol. The Morgan fingerprint density at radius 2 is 1.81 bits per heavy atom. The first-order chi connectivity index (χ1) is 9.64. The van der Waals surface area contributed by atoms with Crippen molar-refractivity contribution in [2.75, 3.05) is 13.1 Å². The van der Waals surface area contributed by atoms with Crippen LogP contribution in [0.3, 0.4) is 0 Å². The monoisotopic (exact) mass is 304 g/mol. The summed E-state index contributed by atoms with van der Waals surface area (Å²) in [5, 5.41) is 3.00. The zero-order valence-electron chi connectivity index (χ0n) is 12.3. The van der Waals surface area contributed by atoms with Crippen molar-refractivity contribution in [2.45, 2.75) is 57.5 Å². The Bertz CT molecular complexity index is 510. The van der Waals surface area contributed by atoms with Crippen LogP contribution in [0.2, 0.25) is 0 Å². The van der Waals surface area contributed by atoms with Crippen LogP contribution in [0.1, 0.15) is 38.9 Å². The lowest BCUT2D eigenvalue weighted by Gasteiger charge is -2.58. The third-order valence-electron chi connectivity index (χ3n) is 4.33. The summed E-state index contributed by atoms with van der Waals surface area (Å²) in [5.74, 6) is -1.15. The summed E-state index contributed by atoms with van der Waals surface area (Å²) in [7, 11) is 0. The second-order valence-electron chi connectivity index (χ2n) is 6.80. The highest BCUT2D eigenvalue weighted by Crippen LogP contribution is 2.36. The van der Waals surface area contributed by atoms with Gasteiger partial charge in [-0.2, -0.15) is 18.2 Å². The molecule has 3 saturated heterocycles. The molecule has 0 spiro atoms. The van der Waals surface area contributed by atoms with Gasteiger partial charge in [-0.1, -0.05) is 5.16 Å². The molecule has 2 bridgehead atoms. The molecule has 1 aromatic heterocycles. The fraction of sp³-hybridized carbons (Fsp3) is 0.846. The minimum absolute atomic E-state index is 0.0428. The molecule has 8 heteroatoms. The first kappa shape index (κ1) is 14.8. The quantitative estimate of drug-likeness (QED) is 0.838. The average Bonchev–Trinajstić information content (AvgIpc) is 2.83. The summed E-state index contributed by atoms with van der Waals surface area (Å²) in [6, 6.07) is 0.730. The third kappa shape index (κ3) is 2.78. The molecule has 21 heavy (non-hydrogen) atoms. The van der Waals surface area contributed by atoms with E-state index in [1.807, 2.05) is 0 Å². The molecular formula is C13H19F3N4O. The van der Waals surface area contributed by atoms with Crippen LogP contribution in [0.25, 0.3) is 0 Å². The molecule has 1 aromatic rings. The molecule has 2 unspecified atom stereocenters. The molecule has 0 radical (unpaired) electrons. The van der Waals surface area contributed by atoms with Gasteiger partial charge in [-0.15, -0.1) is 0 Å². The Labute approximate surface area is 121 Å². The Hall–Kier alpha value is -1.15. The van der Waals surface area contributed by atoms with Gasteiger partial charge in [-0.05, 0) is 27.2 Å². The number of nitrogens with zero attached hydrogens (tertiary/aromatic N) is 4. The molecule has 0 saturated carbocycles. The van der Waals surface area contributed by atoms with Gasteiger partial charge in [0.1, 0.15) is 0 Å². The molecule has 2 atom stereocenters. The van der Waals surface area contributed by atoms with Crippen LogP contribution in [-0.2, 0) is 12.7 Å². The van der Waals surface area contributed by atoms with Gasteiger partial charge in [-0.25, -0.2) is 0 Å². The Kier molecular flexibility index (Phi) is 3.29. The molecule has 118 valence electrons. The smallest absolute Gasteiger partial charge is 0.338 e. The van der Waals surface area contributed by atoms with Gasteiger partial charge < -0.3 is 4.52 Å². The van der Waals surface area contributed by atoms with Crippen LogP contribution in [0, 0.1) is 0 Å². The molecular weight excluding hydrogens is 285 g/mol. The maximum atomic E-state index is 12.4. The van der Waals surface area contributed by atoms with E-state index in [4.69, 9.17) is 4.52 Å². The number of aromatic nitrogens is 2. The number of piperidine rings is 1. The van der Waals surface area contributed by atoms with Gasteiger partial charge in [0.25, 0.3) is 5.82 Å². The Balaban J connectivity index is 1.63. The highest BCUT2D eigenvalue weighted by atomic mass is 19.4. The molecule has 3 aliphatic rings. The minimum Gasteiger partial charge on any atom is -0.338 e. The lowest BCUT2D eigenvalue weighted by Crippen LogP contribution is -2.70. The van der Waals surface area contributed by atoms with Gasteiger partial charge in [0, 0.05) is 30.7 Å². The van der Waals surface area contributed by atoms with Gasteiger partial charge in [0.2, 0.25) is 5.89 Å². The van der Waals surface area contributed by atoms with Gasteiger partial charge in [0.15, 0.2) is 0 Å². The molecule has 4 heterocycles. The van der Waals surface area contributed by atoms with E-state index >= 15 is 0 Å². The summed E-state index contributed by atoms with van der Waals surface area (Å²) in [4.78, 5) is 8.02. The van der Waals surface area contributed by atoms with E-state index in [0.717, 1.165) is 19.5 Å². The van der Waals surface area contributed by atoms with Crippen LogP contribution < -0.4 is 0 Å². The van der Waals surface area contributed by atoms with Crippen molar-refractivity contribution < 1.29 is 17.7 Å². The van der Waals surface area contributed by atoms with E-state index in [9.17, 15) is 13.2 Å². The normalized spacial score (nSPS) is 27.7. The zero-order valence-corrected chi connectivity index (χ0v) is 12.3. The number of piperazine rings is 1. The van der Waals surface area contributed by atoms with Crippen molar-refractivity contribution >= 4 is 0 Å². The van der Waals surface area contributed by atoms with E-state index in [1.165, 1.54) is 0 Å². The first-order valence-corrected chi connectivity index (χ1v) is 7.05. The predicted octanol–water partition coefficient (Wildman–Crippen LogP) is 2.15. The summed E-state index contributed by atoms with van der Waals surface area (Å²) in [5.41, 5.74) is 0.122. The number of hydrogen-bond donors (Lipinski definition) is 0. The van der Waals surface area contributed by atoms with Crippen molar-refractivity contribution in [1.29, 1.82) is 0 Å². The van der Waals surface area contributed by atoms with Crippen molar-refractivity contribution in [3.8, 4) is 0 Å². The topological polar surface area (TPSA) is 45.4 Å². The van der Waals surface area contributed by atoms with Crippen molar-refractivity contribution in [1.82, 2.24) is 19.9 Å². The molecule has 0 aromatic carbocycles. The van der Waals surface area contributed by atoms with Crippen LogP contribution >= 0.6 is 0 Å². The van der Waals surface area contributed by atoms with Crippen LogP contribution in [0.15, 0.2) is 4.52 Å². The summed E-state index contributed by atoms with van der Waals surface area (Å²) in [6.07, 6.45) is -3.46. The van der Waals surface area contributed by atoms with Gasteiger partial charge >= 0.3 is 6.18 Å². The Morgan fingerprint density at radius 3 is 2.29 bits per heavy atom. The fourth-order valence-corrected chi connectivity index (χ4v) is 3.08. The highest BCUT2D eigenvalue weighted by Gasteiger charge is 2.47. The maximum Gasteiger partial charge on any atom is 0.455 e. The van der Waals surface area contributed by atoms with Crippen LogP contribution in [0.4, 0.5) is 13.2 Å². The summed E-state index contributed by atoms with van der Waals surface area (Å²) >= 11 is 0. The summed E-state index contributed by atoms with van der Waals surface area (Å²) in [6.45, 7) is 8.69. The van der Waals surface area contributed by atoms with Crippen molar-refractivity contribution in [3.63, 3.8) is 0 Å². The second-order valence-corrected chi connectivity index (χ2v) is 6.80. The first-order valence-electron chi connectivity index (χ1n) is 7.05. The molecule has 5 nitrogen and oxygen atoms in total. The number of alkyl halides is 3. The molecule has 0 aliphatic carbocycles. The fourth-order valence-electron chi connectivity index (χ4n) is 3.08. The molecule has 4 rings (SSSR count). The third-order valence-corrected chi connectivity index (χ3v) is 4.33. The van der Waals surface area contributed by atoms with Gasteiger partial charge in [-0.3, -0.25) is 9.80 Å². The molecule has 3 aliphatic heterocycles. The zero-order chi connectivity index (χ0) is 15.4. The SMILES string of the molecule is CC(C)(C)N1CC2CC(C1)N2Cc1nc(C(F)(F)F)no1. The van der Waals surface area contributed by atoms with E-state index in [1.54, 1.807) is 0 Å². The van der Waals surface area contributed by atoms with Gasteiger partial charge in [0.05, 0.1) is 6.54 Å².